The van der Waals surface area contributed by atoms with E-state index < -0.39 is 6.10 Å². The third kappa shape index (κ3) is 3.75. The van der Waals surface area contributed by atoms with Crippen LogP contribution >= 0.6 is 27.5 Å². The first-order chi connectivity index (χ1) is 9.47. The van der Waals surface area contributed by atoms with Gasteiger partial charge < -0.3 is 10.0 Å². The van der Waals surface area contributed by atoms with Crippen LogP contribution in [0.25, 0.3) is 0 Å². The average molecular weight is 355 g/mol. The summed E-state index contributed by atoms with van der Waals surface area (Å²) in [7, 11) is 2.00. The smallest absolute Gasteiger partial charge is 0.0762 e. The fourth-order valence-corrected chi connectivity index (χ4v) is 2.87. The highest BCUT2D eigenvalue weighted by atomic mass is 79.9. The van der Waals surface area contributed by atoms with Gasteiger partial charge in [0.15, 0.2) is 0 Å². The van der Waals surface area contributed by atoms with Crippen molar-refractivity contribution in [2.75, 3.05) is 11.9 Å². The molecule has 0 saturated heterocycles. The highest BCUT2D eigenvalue weighted by Gasteiger charge is 2.10. The number of aliphatic hydroxyl groups excluding tert-OH is 1. The third-order valence-corrected chi connectivity index (χ3v) is 3.97. The molecule has 0 fully saturated rings. The maximum Gasteiger partial charge on any atom is 0.0762 e. The molecule has 0 aliphatic carbocycles. The Balaban J connectivity index is 2.19. The number of rotatable bonds is 4. The van der Waals surface area contributed by atoms with Crippen LogP contribution in [0.3, 0.4) is 0 Å². The minimum Gasteiger partial charge on any atom is -0.389 e. The van der Waals surface area contributed by atoms with Crippen LogP contribution in [0.2, 0.25) is 5.02 Å². The summed E-state index contributed by atoms with van der Waals surface area (Å²) in [6.07, 6.45) is -0.503. The first kappa shape index (κ1) is 15.4. The molecule has 20 heavy (non-hydrogen) atoms. The maximum atomic E-state index is 9.57. The number of hydrogen-bond acceptors (Lipinski definition) is 2. The van der Waals surface area contributed by atoms with Gasteiger partial charge >= 0.3 is 0 Å². The van der Waals surface area contributed by atoms with E-state index >= 15 is 0 Å². The van der Waals surface area contributed by atoms with Crippen LogP contribution in [0.5, 0.6) is 0 Å². The number of nitrogens with zero attached hydrogens (tertiary/aromatic N) is 1. The Morgan fingerprint density at radius 2 is 2.00 bits per heavy atom. The summed E-state index contributed by atoms with van der Waals surface area (Å²) >= 11 is 9.78. The van der Waals surface area contributed by atoms with Crippen molar-refractivity contribution in [3.63, 3.8) is 0 Å². The molecule has 0 aromatic heterocycles. The molecule has 2 aromatic carbocycles. The van der Waals surface area contributed by atoms with E-state index in [4.69, 9.17) is 11.6 Å². The number of anilines is 1. The Labute approximate surface area is 133 Å². The van der Waals surface area contributed by atoms with Gasteiger partial charge in [-0.05, 0) is 42.3 Å². The Bertz CT molecular complexity index is 601. The summed E-state index contributed by atoms with van der Waals surface area (Å²) in [4.78, 5) is 2.09. The van der Waals surface area contributed by atoms with Gasteiger partial charge in [-0.1, -0.05) is 45.7 Å². The van der Waals surface area contributed by atoms with E-state index in [2.05, 4.69) is 33.0 Å². The molecule has 2 rings (SSSR count). The molecule has 1 unspecified atom stereocenters. The molecule has 0 saturated carbocycles. The largest absolute Gasteiger partial charge is 0.389 e. The minimum atomic E-state index is -0.503. The molecule has 0 radical (unpaired) electrons. The molecule has 0 bridgehead atoms. The van der Waals surface area contributed by atoms with Gasteiger partial charge in [0, 0.05) is 18.1 Å². The zero-order valence-corrected chi connectivity index (χ0v) is 13.8. The Kier molecular flexibility index (Phi) is 5.08. The fraction of sp³-hybridized carbons (Fsp3) is 0.250. The number of hydrogen-bond donors (Lipinski definition) is 1. The molecule has 0 heterocycles. The topological polar surface area (TPSA) is 23.5 Å². The lowest BCUT2D eigenvalue weighted by molar-refractivity contribution is 0.199. The molecule has 2 aromatic rings. The van der Waals surface area contributed by atoms with E-state index in [1.165, 1.54) is 5.56 Å². The predicted octanol–water partition coefficient (Wildman–Crippen LogP) is 4.79. The van der Waals surface area contributed by atoms with Crippen molar-refractivity contribution in [3.8, 4) is 0 Å². The molecule has 0 aliphatic heterocycles. The van der Waals surface area contributed by atoms with E-state index in [0.717, 1.165) is 22.3 Å². The second-order valence-electron chi connectivity index (χ2n) is 4.87. The molecule has 0 spiro atoms. The second-order valence-corrected chi connectivity index (χ2v) is 6.20. The van der Waals surface area contributed by atoms with E-state index in [1.54, 1.807) is 6.92 Å². The highest BCUT2D eigenvalue weighted by Crippen LogP contribution is 2.29. The lowest BCUT2D eigenvalue weighted by Crippen LogP contribution is -2.16. The van der Waals surface area contributed by atoms with Crippen molar-refractivity contribution in [1.82, 2.24) is 0 Å². The van der Waals surface area contributed by atoms with Crippen LogP contribution < -0.4 is 4.90 Å². The summed E-state index contributed by atoms with van der Waals surface area (Å²) < 4.78 is 1.07. The van der Waals surface area contributed by atoms with Gasteiger partial charge in [0.2, 0.25) is 0 Å². The molecule has 106 valence electrons. The van der Waals surface area contributed by atoms with E-state index in [1.807, 2.05) is 37.4 Å². The molecule has 1 atom stereocenters. The fourth-order valence-electron chi connectivity index (χ4n) is 2.09. The van der Waals surface area contributed by atoms with Gasteiger partial charge in [-0.3, -0.25) is 0 Å². The number of benzene rings is 2. The van der Waals surface area contributed by atoms with Crippen molar-refractivity contribution >= 4 is 33.2 Å². The van der Waals surface area contributed by atoms with Crippen LogP contribution in [0.1, 0.15) is 24.2 Å². The molecular weight excluding hydrogens is 338 g/mol. The van der Waals surface area contributed by atoms with Crippen molar-refractivity contribution in [1.29, 1.82) is 0 Å². The van der Waals surface area contributed by atoms with E-state index in [0.29, 0.717) is 5.02 Å². The van der Waals surface area contributed by atoms with Crippen LogP contribution in [-0.4, -0.2) is 12.2 Å². The summed E-state index contributed by atoms with van der Waals surface area (Å²) in [5, 5.41) is 10.2. The van der Waals surface area contributed by atoms with Crippen molar-refractivity contribution < 1.29 is 5.11 Å². The standard InChI is InChI=1S/C16H17BrClNO/c1-11(20)13-6-7-16(15(18)9-13)19(2)10-12-4-3-5-14(17)8-12/h3-9,11,20H,10H2,1-2H3. The zero-order chi connectivity index (χ0) is 14.7. The van der Waals surface area contributed by atoms with Crippen LogP contribution in [-0.2, 0) is 6.54 Å². The average Bonchev–Trinajstić information content (AvgIpc) is 2.38. The monoisotopic (exact) mass is 353 g/mol. The lowest BCUT2D eigenvalue weighted by Gasteiger charge is -2.21. The van der Waals surface area contributed by atoms with Gasteiger partial charge in [0.25, 0.3) is 0 Å². The normalized spacial score (nSPS) is 12.2. The summed E-state index contributed by atoms with van der Waals surface area (Å²) in [5.74, 6) is 0. The number of aliphatic hydroxyl groups is 1. The first-order valence-electron chi connectivity index (χ1n) is 6.40. The molecule has 1 N–H and O–H groups in total. The van der Waals surface area contributed by atoms with Crippen molar-refractivity contribution in [3.05, 3.63) is 63.1 Å². The molecule has 4 heteroatoms. The molecule has 2 nitrogen and oxygen atoms in total. The Morgan fingerprint density at radius 1 is 1.25 bits per heavy atom. The Morgan fingerprint density at radius 3 is 2.60 bits per heavy atom. The summed E-state index contributed by atoms with van der Waals surface area (Å²) in [6.45, 7) is 2.50. The number of halogens is 2. The van der Waals surface area contributed by atoms with Crippen LogP contribution in [0.4, 0.5) is 5.69 Å². The van der Waals surface area contributed by atoms with Crippen LogP contribution in [0.15, 0.2) is 46.9 Å². The van der Waals surface area contributed by atoms with E-state index in [-0.39, 0.29) is 0 Å². The van der Waals surface area contributed by atoms with Gasteiger partial charge in [-0.2, -0.15) is 0 Å². The third-order valence-electron chi connectivity index (χ3n) is 3.17. The second kappa shape index (κ2) is 6.61. The van der Waals surface area contributed by atoms with Gasteiger partial charge in [0.05, 0.1) is 16.8 Å². The summed E-state index contributed by atoms with van der Waals surface area (Å²) in [6, 6.07) is 13.9. The molecule has 0 amide bonds. The molecule has 0 aliphatic rings. The SMILES string of the molecule is CC(O)c1ccc(N(C)Cc2cccc(Br)c2)c(Cl)c1. The van der Waals surface area contributed by atoms with Crippen molar-refractivity contribution in [2.45, 2.75) is 19.6 Å². The first-order valence-corrected chi connectivity index (χ1v) is 7.57. The van der Waals surface area contributed by atoms with E-state index in [9.17, 15) is 5.11 Å². The van der Waals surface area contributed by atoms with Gasteiger partial charge in [-0.25, -0.2) is 0 Å². The highest BCUT2D eigenvalue weighted by molar-refractivity contribution is 9.10. The minimum absolute atomic E-state index is 0.503. The predicted molar refractivity (Wildman–Crippen MR) is 88.3 cm³/mol. The van der Waals surface area contributed by atoms with Gasteiger partial charge in [0.1, 0.15) is 0 Å². The van der Waals surface area contributed by atoms with Crippen LogP contribution in [0, 0.1) is 0 Å². The van der Waals surface area contributed by atoms with Gasteiger partial charge in [-0.15, -0.1) is 0 Å². The van der Waals surface area contributed by atoms with Crippen molar-refractivity contribution in [2.24, 2.45) is 0 Å². The quantitative estimate of drug-likeness (QED) is 0.853. The zero-order valence-electron chi connectivity index (χ0n) is 11.5. The maximum absolute atomic E-state index is 9.57. The Hall–Kier alpha value is -1.03. The summed E-state index contributed by atoms with van der Waals surface area (Å²) in [5.41, 5.74) is 2.99. The lowest BCUT2D eigenvalue weighted by atomic mass is 10.1. The molecular formula is C16H17BrClNO.